The number of anilines is 2. The largest absolute Gasteiger partial charge is 0.380 e. The van der Waals surface area contributed by atoms with Crippen LogP contribution in [0.3, 0.4) is 0 Å². The molecule has 0 saturated carbocycles. The van der Waals surface area contributed by atoms with E-state index < -0.39 is 11.6 Å². The second kappa shape index (κ2) is 10.2. The molecule has 202 valence electrons. The van der Waals surface area contributed by atoms with Crippen LogP contribution >= 0.6 is 0 Å². The first-order valence-corrected chi connectivity index (χ1v) is 13.6. The smallest absolute Gasteiger partial charge is 0.159 e. The average Bonchev–Trinajstić information content (AvgIpc) is 3.32. The number of benzene rings is 1. The number of hydrogen-bond acceptors (Lipinski definition) is 7. The van der Waals surface area contributed by atoms with Gasteiger partial charge in [-0.25, -0.2) is 23.7 Å². The Labute approximate surface area is 222 Å². The van der Waals surface area contributed by atoms with Crippen molar-refractivity contribution in [1.29, 1.82) is 0 Å². The van der Waals surface area contributed by atoms with Gasteiger partial charge in [-0.3, -0.25) is 0 Å². The molecule has 3 saturated heterocycles. The van der Waals surface area contributed by atoms with Crippen LogP contribution in [0.4, 0.5) is 20.4 Å². The van der Waals surface area contributed by atoms with Crippen molar-refractivity contribution in [2.75, 3.05) is 63.2 Å². The van der Waals surface area contributed by atoms with Crippen LogP contribution in [0, 0.1) is 17.0 Å². The van der Waals surface area contributed by atoms with E-state index in [1.807, 2.05) is 13.2 Å². The van der Waals surface area contributed by atoms with Crippen LogP contribution in [0.5, 0.6) is 0 Å². The van der Waals surface area contributed by atoms with E-state index >= 15 is 0 Å². The molecule has 0 radical (unpaired) electrons. The normalized spacial score (nSPS) is 19.4. The van der Waals surface area contributed by atoms with E-state index in [-0.39, 0.29) is 5.92 Å². The first-order chi connectivity index (χ1) is 18.5. The lowest BCUT2D eigenvalue weighted by molar-refractivity contribution is -0.189. The van der Waals surface area contributed by atoms with Gasteiger partial charge in [0, 0.05) is 75.0 Å². The molecule has 10 heteroatoms. The Bertz CT molecular complexity index is 1290. The summed E-state index contributed by atoms with van der Waals surface area (Å²) in [5.41, 5.74) is 2.81. The summed E-state index contributed by atoms with van der Waals surface area (Å²) in [5.74, 6) is 1.50. The number of hydrogen-bond donors (Lipinski definition) is 1. The fourth-order valence-electron chi connectivity index (χ4n) is 6.18. The average molecular weight is 524 g/mol. The second-order valence-electron chi connectivity index (χ2n) is 10.9. The van der Waals surface area contributed by atoms with Gasteiger partial charge in [0.25, 0.3) is 0 Å². The Kier molecular flexibility index (Phi) is 6.77. The first-order valence-electron chi connectivity index (χ1n) is 13.6. The number of halogens is 2. The Morgan fingerprint density at radius 3 is 2.53 bits per heavy atom. The summed E-state index contributed by atoms with van der Waals surface area (Å²) in [4.78, 5) is 18.8. The number of nitrogens with one attached hydrogen (secondary N) is 1. The van der Waals surface area contributed by atoms with E-state index in [1.165, 1.54) is 12.1 Å². The fourth-order valence-corrected chi connectivity index (χ4v) is 6.18. The van der Waals surface area contributed by atoms with Gasteiger partial charge in [0.1, 0.15) is 23.8 Å². The molecule has 8 nitrogen and oxygen atoms in total. The van der Waals surface area contributed by atoms with Gasteiger partial charge < -0.3 is 24.4 Å². The van der Waals surface area contributed by atoms with Crippen molar-refractivity contribution in [3.8, 4) is 11.3 Å². The van der Waals surface area contributed by atoms with E-state index in [9.17, 15) is 8.78 Å². The zero-order chi connectivity index (χ0) is 26.3. The Morgan fingerprint density at radius 2 is 1.87 bits per heavy atom. The van der Waals surface area contributed by atoms with Crippen molar-refractivity contribution >= 4 is 11.6 Å². The highest BCUT2D eigenvalue weighted by atomic mass is 19.2. The number of likely N-dealkylation sites (tertiary alicyclic amines) is 1. The molecule has 38 heavy (non-hydrogen) atoms. The van der Waals surface area contributed by atoms with Crippen LogP contribution in [0.1, 0.15) is 37.1 Å². The first kappa shape index (κ1) is 25.2. The SMILES string of the molecule is CCc1c(NC)ncnc1N1CCC(c2nc(-c3ccc(F)c(F)c3)cn2CCN2CC3(COC3)C2)CC1. The third-order valence-corrected chi connectivity index (χ3v) is 8.29. The maximum Gasteiger partial charge on any atom is 0.159 e. The van der Waals surface area contributed by atoms with E-state index in [1.54, 1.807) is 12.4 Å². The molecule has 3 aliphatic rings. The van der Waals surface area contributed by atoms with Gasteiger partial charge in [0.2, 0.25) is 0 Å². The number of ether oxygens (including phenoxy) is 1. The highest BCUT2D eigenvalue weighted by Gasteiger charge is 2.48. The summed E-state index contributed by atoms with van der Waals surface area (Å²) in [6, 6.07) is 4.02. The molecule has 0 bridgehead atoms. The predicted molar refractivity (Wildman–Crippen MR) is 142 cm³/mol. The molecule has 3 aliphatic heterocycles. The topological polar surface area (TPSA) is 71.3 Å². The molecule has 1 aromatic carbocycles. The molecule has 3 aromatic rings. The van der Waals surface area contributed by atoms with Crippen molar-refractivity contribution in [3.63, 3.8) is 0 Å². The molecular formula is C28H35F2N7O. The molecule has 1 N–H and O–H groups in total. The van der Waals surface area contributed by atoms with Gasteiger partial charge in [-0.05, 0) is 37.5 Å². The van der Waals surface area contributed by atoms with Crippen molar-refractivity contribution in [2.45, 2.75) is 38.6 Å². The standard InChI is InChI=1S/C28H35F2N7O/c1-3-21-25(31-2)32-18-33-27(21)36-8-6-19(7-9-36)26-34-24(20-4-5-22(29)23(30)12-20)13-37(26)11-10-35-14-28(15-35)16-38-17-28/h4-5,12-13,18-19H,3,6-11,14-17H2,1-2H3,(H,31,32,33). The number of piperidine rings is 1. The maximum absolute atomic E-state index is 14.0. The Balaban J connectivity index is 1.20. The van der Waals surface area contributed by atoms with Gasteiger partial charge in [0.05, 0.1) is 18.9 Å². The summed E-state index contributed by atoms with van der Waals surface area (Å²) in [7, 11) is 1.89. The molecule has 5 heterocycles. The van der Waals surface area contributed by atoms with E-state index in [4.69, 9.17) is 9.72 Å². The van der Waals surface area contributed by atoms with Crippen molar-refractivity contribution < 1.29 is 13.5 Å². The lowest BCUT2D eigenvalue weighted by atomic mass is 9.78. The van der Waals surface area contributed by atoms with Gasteiger partial charge in [0.15, 0.2) is 11.6 Å². The third kappa shape index (κ3) is 4.64. The van der Waals surface area contributed by atoms with Crippen LogP contribution in [-0.4, -0.2) is 77.4 Å². The highest BCUT2D eigenvalue weighted by Crippen LogP contribution is 2.38. The van der Waals surface area contributed by atoms with Crippen LogP contribution in [0.15, 0.2) is 30.7 Å². The molecule has 0 amide bonds. The van der Waals surface area contributed by atoms with Crippen LogP contribution in [0.2, 0.25) is 0 Å². The lowest BCUT2D eigenvalue weighted by Crippen LogP contribution is -2.66. The van der Waals surface area contributed by atoms with E-state index in [2.05, 4.69) is 36.6 Å². The minimum atomic E-state index is -0.849. The molecule has 2 aromatic heterocycles. The van der Waals surface area contributed by atoms with Gasteiger partial charge >= 0.3 is 0 Å². The third-order valence-electron chi connectivity index (χ3n) is 8.29. The zero-order valence-electron chi connectivity index (χ0n) is 22.1. The summed E-state index contributed by atoms with van der Waals surface area (Å²) >= 11 is 0. The van der Waals surface area contributed by atoms with Gasteiger partial charge in [-0.1, -0.05) is 6.92 Å². The Hall–Kier alpha value is -3.11. The van der Waals surface area contributed by atoms with E-state index in [0.717, 1.165) is 94.8 Å². The van der Waals surface area contributed by atoms with Crippen LogP contribution < -0.4 is 10.2 Å². The molecule has 0 unspecified atom stereocenters. The monoisotopic (exact) mass is 523 g/mol. The lowest BCUT2D eigenvalue weighted by Gasteiger charge is -2.55. The maximum atomic E-state index is 14.0. The van der Waals surface area contributed by atoms with Crippen molar-refractivity contribution in [2.24, 2.45) is 5.41 Å². The zero-order valence-corrected chi connectivity index (χ0v) is 22.1. The van der Waals surface area contributed by atoms with Crippen molar-refractivity contribution in [1.82, 2.24) is 24.4 Å². The summed E-state index contributed by atoms with van der Waals surface area (Å²) in [5, 5.41) is 3.19. The molecule has 0 aliphatic carbocycles. The molecule has 1 spiro atoms. The minimum absolute atomic E-state index is 0.281. The minimum Gasteiger partial charge on any atom is -0.380 e. The predicted octanol–water partition coefficient (Wildman–Crippen LogP) is 3.94. The molecule has 0 atom stereocenters. The molecule has 6 rings (SSSR count). The summed E-state index contributed by atoms with van der Waals surface area (Å²) in [6.45, 7) is 9.55. The van der Waals surface area contributed by atoms with Gasteiger partial charge in [-0.15, -0.1) is 0 Å². The number of imidazole rings is 1. The molecular weight excluding hydrogens is 488 g/mol. The second-order valence-corrected chi connectivity index (χ2v) is 10.9. The van der Waals surface area contributed by atoms with Gasteiger partial charge in [-0.2, -0.15) is 0 Å². The van der Waals surface area contributed by atoms with Crippen LogP contribution in [0.25, 0.3) is 11.3 Å². The fraction of sp³-hybridized carbons (Fsp3) is 0.536. The quantitative estimate of drug-likeness (QED) is 0.480. The van der Waals surface area contributed by atoms with Crippen molar-refractivity contribution in [3.05, 3.63) is 53.7 Å². The Morgan fingerprint density at radius 1 is 1.08 bits per heavy atom. The van der Waals surface area contributed by atoms with E-state index in [0.29, 0.717) is 16.7 Å². The number of nitrogens with zero attached hydrogens (tertiary/aromatic N) is 6. The molecule has 3 fully saturated rings. The van der Waals surface area contributed by atoms with Crippen LogP contribution in [-0.2, 0) is 17.7 Å². The summed E-state index contributed by atoms with van der Waals surface area (Å²) < 4.78 is 35.3. The number of rotatable bonds is 8. The highest BCUT2D eigenvalue weighted by molar-refractivity contribution is 5.60. The number of aromatic nitrogens is 4. The summed E-state index contributed by atoms with van der Waals surface area (Å²) in [6.07, 6.45) is 6.39.